The van der Waals surface area contributed by atoms with Crippen LogP contribution in [0.4, 0.5) is 0 Å². The number of hydrogen-bond donors (Lipinski definition) is 0. The molecule has 3 rings (SSSR count). The second kappa shape index (κ2) is 5.83. The maximum Gasteiger partial charge on any atom is 0.0483 e. The first-order valence-electron chi connectivity index (χ1n) is 10.0. The Morgan fingerprint density at radius 1 is 1.08 bits per heavy atom. The lowest BCUT2D eigenvalue weighted by Gasteiger charge is -2.68. The standard InChI is InChI=1S/C25H36Si/c1-10-12-18-13-14-22-21(20(18)11-2)15-19(16-26(7,8)9)25(22)23(3,4)17-24(25,5)6/h10-15H,2,16-17H2,1,3-9H3/b12-10+. The maximum absolute atomic E-state index is 4.16. The predicted molar refractivity (Wildman–Crippen MR) is 121 cm³/mol. The first-order valence-corrected chi connectivity index (χ1v) is 13.8. The van der Waals surface area contributed by atoms with Crippen LogP contribution in [0.2, 0.25) is 25.7 Å². The molecule has 0 aromatic heterocycles. The molecule has 0 aliphatic heterocycles. The van der Waals surface area contributed by atoms with E-state index in [0.717, 1.165) is 0 Å². The summed E-state index contributed by atoms with van der Waals surface area (Å²) in [4.78, 5) is 0. The molecule has 0 nitrogen and oxygen atoms in total. The molecular formula is C25H36Si. The van der Waals surface area contributed by atoms with Crippen LogP contribution in [0.5, 0.6) is 0 Å². The highest BCUT2D eigenvalue weighted by molar-refractivity contribution is 6.76. The van der Waals surface area contributed by atoms with E-state index in [0.29, 0.717) is 10.8 Å². The highest BCUT2D eigenvalue weighted by Gasteiger charge is 2.69. The Morgan fingerprint density at radius 2 is 1.69 bits per heavy atom. The van der Waals surface area contributed by atoms with Crippen molar-refractivity contribution < 1.29 is 0 Å². The molecule has 0 bridgehead atoms. The molecule has 0 atom stereocenters. The first-order chi connectivity index (χ1) is 11.9. The second-order valence-electron chi connectivity index (χ2n) is 10.8. The van der Waals surface area contributed by atoms with Crippen molar-refractivity contribution in [2.75, 3.05) is 0 Å². The van der Waals surface area contributed by atoms with Gasteiger partial charge in [0.25, 0.3) is 0 Å². The van der Waals surface area contributed by atoms with Crippen LogP contribution in [0.1, 0.15) is 63.3 Å². The van der Waals surface area contributed by atoms with Crippen molar-refractivity contribution in [3.8, 4) is 0 Å². The molecule has 0 unspecified atom stereocenters. The summed E-state index contributed by atoms with van der Waals surface area (Å²) in [5.74, 6) is 0. The van der Waals surface area contributed by atoms with Crippen LogP contribution >= 0.6 is 0 Å². The van der Waals surface area contributed by atoms with E-state index in [1.807, 2.05) is 0 Å². The maximum atomic E-state index is 4.16. The molecule has 0 N–H and O–H groups in total. The van der Waals surface area contributed by atoms with Gasteiger partial charge in [0.15, 0.2) is 0 Å². The molecule has 1 aromatic carbocycles. The monoisotopic (exact) mass is 364 g/mol. The topological polar surface area (TPSA) is 0 Å². The zero-order valence-electron chi connectivity index (χ0n) is 18.1. The number of allylic oxidation sites excluding steroid dienone is 2. The van der Waals surface area contributed by atoms with Gasteiger partial charge in [-0.1, -0.05) is 95.9 Å². The van der Waals surface area contributed by atoms with Crippen molar-refractivity contribution in [1.82, 2.24) is 0 Å². The van der Waals surface area contributed by atoms with E-state index in [4.69, 9.17) is 0 Å². The third kappa shape index (κ3) is 2.47. The van der Waals surface area contributed by atoms with Crippen molar-refractivity contribution in [3.63, 3.8) is 0 Å². The molecular weight excluding hydrogens is 328 g/mol. The Balaban J connectivity index is 2.33. The van der Waals surface area contributed by atoms with Crippen LogP contribution in [0.25, 0.3) is 18.2 Å². The van der Waals surface area contributed by atoms with Gasteiger partial charge in [0.1, 0.15) is 0 Å². The van der Waals surface area contributed by atoms with Gasteiger partial charge >= 0.3 is 0 Å². The largest absolute Gasteiger partial charge is 0.0984 e. The Hall–Kier alpha value is -1.34. The quantitative estimate of drug-likeness (QED) is 0.478. The summed E-state index contributed by atoms with van der Waals surface area (Å²) in [5.41, 5.74) is 8.04. The fourth-order valence-electron chi connectivity index (χ4n) is 6.68. The van der Waals surface area contributed by atoms with Crippen LogP contribution in [0, 0.1) is 10.8 Å². The van der Waals surface area contributed by atoms with E-state index in [1.54, 1.807) is 11.1 Å². The molecule has 0 heterocycles. The lowest BCUT2D eigenvalue weighted by Crippen LogP contribution is -2.64. The van der Waals surface area contributed by atoms with Crippen molar-refractivity contribution in [2.24, 2.45) is 10.8 Å². The fourth-order valence-corrected chi connectivity index (χ4v) is 8.19. The second-order valence-corrected chi connectivity index (χ2v) is 16.3. The lowest BCUT2D eigenvalue weighted by atomic mass is 9.35. The van der Waals surface area contributed by atoms with Gasteiger partial charge < -0.3 is 0 Å². The van der Waals surface area contributed by atoms with Crippen molar-refractivity contribution in [3.05, 3.63) is 52.6 Å². The Bertz CT molecular complexity index is 795. The number of fused-ring (bicyclic) bond motifs is 2. The SMILES string of the molecule is C=Cc1c(/C=C/C)ccc2c1C=C(C[Si](C)(C)C)C21C(C)(C)CC1(C)C. The van der Waals surface area contributed by atoms with E-state index in [-0.39, 0.29) is 5.41 Å². The molecule has 140 valence electrons. The van der Waals surface area contributed by atoms with Crippen LogP contribution in [-0.2, 0) is 5.41 Å². The molecule has 1 spiro atoms. The van der Waals surface area contributed by atoms with E-state index >= 15 is 0 Å². The van der Waals surface area contributed by atoms with Crippen LogP contribution in [0.3, 0.4) is 0 Å². The summed E-state index contributed by atoms with van der Waals surface area (Å²) in [6, 6.07) is 6.02. The molecule has 26 heavy (non-hydrogen) atoms. The van der Waals surface area contributed by atoms with Gasteiger partial charge in [0.05, 0.1) is 0 Å². The predicted octanol–water partition coefficient (Wildman–Crippen LogP) is 7.79. The molecule has 1 heteroatoms. The van der Waals surface area contributed by atoms with Crippen LogP contribution in [0.15, 0.2) is 30.4 Å². The van der Waals surface area contributed by atoms with Gasteiger partial charge in [0, 0.05) is 13.5 Å². The van der Waals surface area contributed by atoms with E-state index < -0.39 is 8.07 Å². The zero-order valence-corrected chi connectivity index (χ0v) is 19.1. The Kier molecular flexibility index (Phi) is 4.35. The summed E-state index contributed by atoms with van der Waals surface area (Å²) in [5, 5.41) is 0. The highest BCUT2D eigenvalue weighted by Crippen LogP contribution is 2.74. The minimum Gasteiger partial charge on any atom is -0.0984 e. The van der Waals surface area contributed by atoms with Gasteiger partial charge in [-0.2, -0.15) is 0 Å². The summed E-state index contributed by atoms with van der Waals surface area (Å²) in [6.07, 6.45) is 10.2. The summed E-state index contributed by atoms with van der Waals surface area (Å²) < 4.78 is 0. The first kappa shape index (κ1) is 19.4. The number of benzene rings is 1. The molecule has 0 amide bonds. The molecule has 1 fully saturated rings. The molecule has 0 saturated heterocycles. The minimum atomic E-state index is -1.22. The van der Waals surface area contributed by atoms with Crippen LogP contribution in [-0.4, -0.2) is 8.07 Å². The average molecular weight is 365 g/mol. The third-order valence-corrected chi connectivity index (χ3v) is 8.15. The zero-order chi connectivity index (χ0) is 19.5. The molecule has 2 aliphatic rings. The van der Waals surface area contributed by atoms with Gasteiger partial charge in [-0.05, 0) is 52.5 Å². The third-order valence-electron chi connectivity index (χ3n) is 6.71. The molecule has 2 aliphatic carbocycles. The lowest BCUT2D eigenvalue weighted by molar-refractivity contribution is -0.0889. The van der Waals surface area contributed by atoms with E-state index in [2.05, 4.69) is 97.3 Å². The average Bonchev–Trinajstić information content (AvgIpc) is 2.80. The van der Waals surface area contributed by atoms with Crippen molar-refractivity contribution in [2.45, 2.75) is 72.1 Å². The Labute approximate surface area is 162 Å². The van der Waals surface area contributed by atoms with E-state index in [1.165, 1.54) is 29.2 Å². The molecule has 1 aromatic rings. The molecule has 1 saturated carbocycles. The highest BCUT2D eigenvalue weighted by atomic mass is 28.3. The fraction of sp³-hybridized carbons (Fsp3) is 0.520. The van der Waals surface area contributed by atoms with Gasteiger partial charge in [-0.25, -0.2) is 0 Å². The smallest absolute Gasteiger partial charge is 0.0483 e. The van der Waals surface area contributed by atoms with E-state index in [9.17, 15) is 0 Å². The summed E-state index contributed by atoms with van der Waals surface area (Å²) in [6.45, 7) is 23.7. The number of hydrogen-bond acceptors (Lipinski definition) is 0. The van der Waals surface area contributed by atoms with Gasteiger partial charge in [-0.3, -0.25) is 0 Å². The summed E-state index contributed by atoms with van der Waals surface area (Å²) in [7, 11) is -1.22. The molecule has 0 radical (unpaired) electrons. The number of rotatable bonds is 4. The van der Waals surface area contributed by atoms with Crippen molar-refractivity contribution in [1.29, 1.82) is 0 Å². The van der Waals surface area contributed by atoms with Gasteiger partial charge in [-0.15, -0.1) is 0 Å². The minimum absolute atomic E-state index is 0.168. The normalized spacial score (nSPS) is 22.2. The summed E-state index contributed by atoms with van der Waals surface area (Å²) >= 11 is 0. The van der Waals surface area contributed by atoms with Crippen molar-refractivity contribution >= 4 is 26.3 Å². The van der Waals surface area contributed by atoms with Crippen LogP contribution < -0.4 is 0 Å². The Morgan fingerprint density at radius 3 is 2.15 bits per heavy atom. The van der Waals surface area contributed by atoms with Gasteiger partial charge in [0.2, 0.25) is 0 Å².